The third-order valence-corrected chi connectivity index (χ3v) is 6.19. The third-order valence-electron chi connectivity index (χ3n) is 6.19. The van der Waals surface area contributed by atoms with Gasteiger partial charge in [-0.05, 0) is 18.2 Å². The average Bonchev–Trinajstić information content (AvgIpc) is 3.36. The monoisotopic (exact) mass is 557 g/mol. The zero-order valence-corrected chi connectivity index (χ0v) is 22.6. The number of amidine groups is 1. The molecule has 214 valence electrons. The molecule has 0 atom stereocenters. The van der Waals surface area contributed by atoms with E-state index in [2.05, 4.69) is 20.7 Å². The average molecular weight is 558 g/mol. The third kappa shape index (κ3) is 6.66. The van der Waals surface area contributed by atoms with E-state index in [9.17, 15) is 18.7 Å². The molecular weight excluding hydrogens is 524 g/mol. The standard InChI is InChI=1S/C27H33F2N7O4/c1-27(2,15-37)14-31-7-8-40-23-10-20-18(9-22(23)39-3)26(34-17-11-33-35(12-17)13-24(30)38)36(16-32-20)21-6-4-5-19(28)25(21)29/h4-6,9-12,31-32,37H,7-8,13-16H2,1-3H3,(H2,30,38). The molecule has 0 radical (unpaired) electrons. The van der Waals surface area contributed by atoms with E-state index in [0.717, 1.165) is 6.07 Å². The molecule has 0 bridgehead atoms. The number of benzene rings is 2. The Morgan fingerprint density at radius 2 is 2.10 bits per heavy atom. The number of ether oxygens (including phenoxy) is 2. The van der Waals surface area contributed by atoms with Gasteiger partial charge < -0.3 is 35.8 Å². The van der Waals surface area contributed by atoms with Crippen LogP contribution in [-0.2, 0) is 11.3 Å². The van der Waals surface area contributed by atoms with Crippen molar-refractivity contribution in [3.05, 3.63) is 59.9 Å². The fraction of sp³-hybridized carbons (Fsp3) is 0.370. The van der Waals surface area contributed by atoms with Crippen molar-refractivity contribution in [1.82, 2.24) is 15.1 Å². The van der Waals surface area contributed by atoms with Crippen LogP contribution < -0.4 is 30.7 Å². The van der Waals surface area contributed by atoms with E-state index in [-0.39, 0.29) is 30.9 Å². The van der Waals surface area contributed by atoms with Gasteiger partial charge in [0.05, 0.1) is 37.5 Å². The highest BCUT2D eigenvalue weighted by molar-refractivity contribution is 6.16. The molecular formula is C27H33F2N7O4. The Balaban J connectivity index is 1.67. The van der Waals surface area contributed by atoms with Gasteiger partial charge in [-0.1, -0.05) is 19.9 Å². The van der Waals surface area contributed by atoms with E-state index < -0.39 is 17.5 Å². The van der Waals surface area contributed by atoms with Crippen molar-refractivity contribution in [1.29, 1.82) is 0 Å². The first-order valence-electron chi connectivity index (χ1n) is 12.6. The minimum atomic E-state index is -1.02. The summed E-state index contributed by atoms with van der Waals surface area (Å²) in [7, 11) is 1.50. The number of carbonyl (C=O) groups excluding carboxylic acids is 1. The van der Waals surface area contributed by atoms with Crippen LogP contribution in [0.25, 0.3) is 0 Å². The largest absolute Gasteiger partial charge is 0.493 e. The lowest BCUT2D eigenvalue weighted by atomic mass is 9.95. The summed E-state index contributed by atoms with van der Waals surface area (Å²) >= 11 is 0. The van der Waals surface area contributed by atoms with E-state index in [1.165, 1.54) is 41.2 Å². The second kappa shape index (κ2) is 12.3. The fourth-order valence-electron chi connectivity index (χ4n) is 4.06. The molecule has 0 saturated carbocycles. The molecule has 2 heterocycles. The maximum absolute atomic E-state index is 14.9. The Morgan fingerprint density at radius 3 is 2.83 bits per heavy atom. The number of anilines is 2. The minimum Gasteiger partial charge on any atom is -0.493 e. The molecule has 0 fully saturated rings. The van der Waals surface area contributed by atoms with Gasteiger partial charge in [0.25, 0.3) is 0 Å². The number of nitrogens with zero attached hydrogens (tertiary/aromatic N) is 4. The summed E-state index contributed by atoms with van der Waals surface area (Å²) in [6.45, 7) is 5.44. The number of fused-ring (bicyclic) bond motifs is 1. The van der Waals surface area contributed by atoms with Crippen LogP contribution in [0.3, 0.4) is 0 Å². The fourth-order valence-corrected chi connectivity index (χ4v) is 4.06. The lowest BCUT2D eigenvalue weighted by Crippen LogP contribution is -2.41. The Kier molecular flexibility index (Phi) is 8.85. The molecule has 11 nitrogen and oxygen atoms in total. The quantitative estimate of drug-likeness (QED) is 0.249. The topological polar surface area (TPSA) is 139 Å². The number of nitrogens with two attached hydrogens (primary N) is 1. The van der Waals surface area contributed by atoms with Crippen LogP contribution in [0.5, 0.6) is 11.5 Å². The van der Waals surface area contributed by atoms with Gasteiger partial charge in [-0.25, -0.2) is 13.8 Å². The number of aliphatic hydroxyl groups is 1. The number of halogens is 2. The first kappa shape index (κ1) is 28.8. The molecule has 0 saturated heterocycles. The number of aliphatic imine (C=N–C) groups is 1. The lowest BCUT2D eigenvalue weighted by Gasteiger charge is -2.33. The van der Waals surface area contributed by atoms with Gasteiger partial charge in [-0.15, -0.1) is 0 Å². The van der Waals surface area contributed by atoms with Crippen molar-refractivity contribution in [3.63, 3.8) is 0 Å². The number of aliphatic hydroxyl groups excluding tert-OH is 1. The molecule has 3 aromatic rings. The van der Waals surface area contributed by atoms with Crippen LogP contribution in [-0.4, -0.2) is 66.7 Å². The van der Waals surface area contributed by atoms with Gasteiger partial charge in [0.1, 0.15) is 24.7 Å². The summed E-state index contributed by atoms with van der Waals surface area (Å²) in [6.07, 6.45) is 2.97. The molecule has 4 rings (SSSR count). The van der Waals surface area contributed by atoms with Gasteiger partial charge in [-0.3, -0.25) is 9.48 Å². The van der Waals surface area contributed by atoms with Gasteiger partial charge in [0.2, 0.25) is 5.91 Å². The molecule has 40 heavy (non-hydrogen) atoms. The second-order valence-corrected chi connectivity index (χ2v) is 10.0. The van der Waals surface area contributed by atoms with Crippen molar-refractivity contribution < 1.29 is 28.2 Å². The molecule has 0 aliphatic carbocycles. The SMILES string of the molecule is COc1cc2c(cc1OCCNCC(C)(C)CO)NCN(c1cccc(F)c1F)C2=Nc1cnn(CC(N)=O)c1. The Bertz CT molecular complexity index is 1390. The van der Waals surface area contributed by atoms with Gasteiger partial charge in [0.15, 0.2) is 23.1 Å². The normalized spacial score (nSPS) is 14.2. The lowest BCUT2D eigenvalue weighted by molar-refractivity contribution is -0.118. The van der Waals surface area contributed by atoms with Crippen molar-refractivity contribution in [3.8, 4) is 11.5 Å². The number of rotatable bonds is 12. The minimum absolute atomic E-state index is 0.0161. The molecule has 1 amide bonds. The van der Waals surface area contributed by atoms with E-state index >= 15 is 0 Å². The number of nitrogens with one attached hydrogen (secondary N) is 2. The summed E-state index contributed by atoms with van der Waals surface area (Å²) in [4.78, 5) is 17.5. The van der Waals surface area contributed by atoms with Gasteiger partial charge in [-0.2, -0.15) is 5.10 Å². The molecule has 13 heteroatoms. The molecule has 1 aliphatic heterocycles. The van der Waals surface area contributed by atoms with Crippen LogP contribution >= 0.6 is 0 Å². The van der Waals surface area contributed by atoms with Crippen LogP contribution in [0.4, 0.5) is 25.8 Å². The Morgan fingerprint density at radius 1 is 1.30 bits per heavy atom. The van der Waals surface area contributed by atoms with Gasteiger partial charge in [0, 0.05) is 36.7 Å². The van der Waals surface area contributed by atoms with Crippen LogP contribution in [0.2, 0.25) is 0 Å². The van der Waals surface area contributed by atoms with Crippen molar-refractivity contribution in [2.45, 2.75) is 20.4 Å². The van der Waals surface area contributed by atoms with Gasteiger partial charge >= 0.3 is 0 Å². The van der Waals surface area contributed by atoms with Crippen LogP contribution in [0.15, 0.2) is 47.7 Å². The zero-order chi connectivity index (χ0) is 28.9. The maximum Gasteiger partial charge on any atom is 0.239 e. The number of carbonyl (C=O) groups is 1. The highest BCUT2D eigenvalue weighted by atomic mass is 19.2. The second-order valence-electron chi connectivity index (χ2n) is 10.0. The van der Waals surface area contributed by atoms with E-state index in [0.29, 0.717) is 54.0 Å². The first-order valence-corrected chi connectivity index (χ1v) is 12.6. The van der Waals surface area contributed by atoms with Crippen LogP contribution in [0, 0.1) is 17.0 Å². The van der Waals surface area contributed by atoms with Crippen molar-refractivity contribution in [2.75, 3.05) is 50.3 Å². The summed E-state index contributed by atoms with van der Waals surface area (Å²) in [5.41, 5.74) is 6.57. The zero-order valence-electron chi connectivity index (χ0n) is 22.6. The van der Waals surface area contributed by atoms with E-state index in [4.69, 9.17) is 15.2 Å². The summed E-state index contributed by atoms with van der Waals surface area (Å²) in [6, 6.07) is 7.38. The number of hydrogen-bond acceptors (Lipinski definition) is 8. The molecule has 5 N–H and O–H groups in total. The predicted octanol–water partition coefficient (Wildman–Crippen LogP) is 2.61. The molecule has 0 unspecified atom stereocenters. The van der Waals surface area contributed by atoms with E-state index in [1.54, 1.807) is 12.1 Å². The summed E-state index contributed by atoms with van der Waals surface area (Å²) < 4.78 is 42.0. The highest BCUT2D eigenvalue weighted by Gasteiger charge is 2.29. The summed E-state index contributed by atoms with van der Waals surface area (Å²) in [5.74, 6) is -1.38. The molecule has 0 spiro atoms. The molecule has 1 aliphatic rings. The Labute approximate surface area is 230 Å². The smallest absolute Gasteiger partial charge is 0.239 e. The number of aromatic nitrogens is 2. The van der Waals surface area contributed by atoms with E-state index in [1.807, 2.05) is 13.8 Å². The number of amides is 1. The van der Waals surface area contributed by atoms with Crippen molar-refractivity contribution in [2.24, 2.45) is 16.1 Å². The predicted molar refractivity (Wildman–Crippen MR) is 147 cm³/mol. The summed E-state index contributed by atoms with van der Waals surface area (Å²) in [5, 5.41) is 20.0. The highest BCUT2D eigenvalue weighted by Crippen LogP contribution is 2.38. The Hall–Kier alpha value is -4.23. The number of methoxy groups -OCH3 is 1. The molecule has 2 aromatic carbocycles. The number of primary amides is 1. The van der Waals surface area contributed by atoms with Crippen molar-refractivity contribution >= 4 is 28.8 Å². The molecule has 1 aromatic heterocycles. The maximum atomic E-state index is 14.9. The van der Waals surface area contributed by atoms with Crippen LogP contribution in [0.1, 0.15) is 19.4 Å². The first-order chi connectivity index (χ1) is 19.1. The number of hydrogen-bond donors (Lipinski definition) is 4.